The second-order valence-electron chi connectivity index (χ2n) is 5.53. The quantitative estimate of drug-likeness (QED) is 0.467. The van der Waals surface area contributed by atoms with Gasteiger partial charge in [0.1, 0.15) is 6.33 Å². The number of aryl methyl sites for hydroxylation is 1. The third-order valence-electron chi connectivity index (χ3n) is 3.74. The van der Waals surface area contributed by atoms with Crippen molar-refractivity contribution in [3.05, 3.63) is 54.1 Å². The van der Waals surface area contributed by atoms with Gasteiger partial charge in [0.15, 0.2) is 11.8 Å². The molecule has 25 heavy (non-hydrogen) atoms. The first-order chi connectivity index (χ1) is 12.3. The summed E-state index contributed by atoms with van der Waals surface area (Å²) in [7, 11) is 1.93. The summed E-state index contributed by atoms with van der Waals surface area (Å²) in [5.41, 5.74) is 3.20. The SMILES string of the molecule is CCNC(=NCc1cccc(-c2ncn[nH]2)c1)NCc1ccnn1C. The maximum absolute atomic E-state index is 4.65. The third-order valence-corrected chi connectivity index (χ3v) is 3.74. The van der Waals surface area contributed by atoms with E-state index in [-0.39, 0.29) is 0 Å². The largest absolute Gasteiger partial charge is 0.357 e. The fourth-order valence-corrected chi connectivity index (χ4v) is 2.42. The standard InChI is InChI=1S/C17H22N8/c1-3-18-17(20-11-15-7-8-23-25(15)2)19-10-13-5-4-6-14(9-13)16-21-12-22-24-16/h4-9,12H,3,10-11H2,1-2H3,(H2,18,19,20)(H,21,22,24). The second kappa shape index (κ2) is 8.09. The first kappa shape index (κ1) is 16.7. The zero-order valence-electron chi connectivity index (χ0n) is 14.4. The fraction of sp³-hybridized carbons (Fsp3) is 0.294. The number of aromatic amines is 1. The van der Waals surface area contributed by atoms with Gasteiger partial charge in [-0.2, -0.15) is 10.2 Å². The van der Waals surface area contributed by atoms with Gasteiger partial charge in [-0.1, -0.05) is 18.2 Å². The first-order valence-electron chi connectivity index (χ1n) is 8.20. The van der Waals surface area contributed by atoms with Crippen LogP contribution >= 0.6 is 0 Å². The minimum absolute atomic E-state index is 0.572. The van der Waals surface area contributed by atoms with Crippen LogP contribution in [0.2, 0.25) is 0 Å². The molecule has 3 rings (SSSR count). The van der Waals surface area contributed by atoms with Crippen LogP contribution in [0.3, 0.4) is 0 Å². The van der Waals surface area contributed by atoms with E-state index >= 15 is 0 Å². The number of nitrogens with one attached hydrogen (secondary N) is 3. The van der Waals surface area contributed by atoms with Crippen molar-refractivity contribution in [1.29, 1.82) is 0 Å². The van der Waals surface area contributed by atoms with Gasteiger partial charge in [-0.25, -0.2) is 9.98 Å². The molecule has 0 unspecified atom stereocenters. The zero-order valence-corrected chi connectivity index (χ0v) is 14.4. The van der Waals surface area contributed by atoms with Gasteiger partial charge < -0.3 is 10.6 Å². The molecule has 0 atom stereocenters. The van der Waals surface area contributed by atoms with E-state index in [9.17, 15) is 0 Å². The van der Waals surface area contributed by atoms with Crippen molar-refractivity contribution in [2.45, 2.75) is 20.0 Å². The van der Waals surface area contributed by atoms with E-state index in [0.717, 1.165) is 35.1 Å². The predicted octanol–water partition coefficient (Wildman–Crippen LogP) is 1.46. The van der Waals surface area contributed by atoms with Crippen molar-refractivity contribution in [2.75, 3.05) is 6.54 Å². The molecule has 0 spiro atoms. The zero-order chi connectivity index (χ0) is 17.5. The molecule has 1 aromatic carbocycles. The monoisotopic (exact) mass is 338 g/mol. The molecule has 0 aliphatic heterocycles. The van der Waals surface area contributed by atoms with Crippen LogP contribution in [-0.2, 0) is 20.1 Å². The summed E-state index contributed by atoms with van der Waals surface area (Å²) in [6.45, 7) is 4.09. The lowest BCUT2D eigenvalue weighted by molar-refractivity contribution is 0.685. The number of rotatable bonds is 6. The third kappa shape index (κ3) is 4.43. The molecule has 0 aliphatic rings. The highest BCUT2D eigenvalue weighted by Gasteiger charge is 2.04. The molecule has 0 amide bonds. The Labute approximate surface area is 146 Å². The lowest BCUT2D eigenvalue weighted by atomic mass is 10.1. The fourth-order valence-electron chi connectivity index (χ4n) is 2.42. The number of H-pyrrole nitrogens is 1. The topological polar surface area (TPSA) is 95.8 Å². The van der Waals surface area contributed by atoms with Gasteiger partial charge in [-0.15, -0.1) is 0 Å². The Morgan fingerprint density at radius 2 is 2.20 bits per heavy atom. The van der Waals surface area contributed by atoms with Crippen LogP contribution in [0.5, 0.6) is 0 Å². The summed E-state index contributed by atoms with van der Waals surface area (Å²) < 4.78 is 1.84. The molecular formula is C17H22N8. The summed E-state index contributed by atoms with van der Waals surface area (Å²) in [4.78, 5) is 8.84. The number of benzene rings is 1. The molecule has 0 radical (unpaired) electrons. The number of hydrogen-bond acceptors (Lipinski definition) is 4. The molecule has 0 fully saturated rings. The number of aromatic nitrogens is 5. The molecule has 3 aromatic rings. The molecule has 8 heteroatoms. The predicted molar refractivity (Wildman–Crippen MR) is 96.7 cm³/mol. The highest BCUT2D eigenvalue weighted by molar-refractivity contribution is 5.79. The summed E-state index contributed by atoms with van der Waals surface area (Å²) in [6.07, 6.45) is 3.29. The van der Waals surface area contributed by atoms with Gasteiger partial charge in [0.2, 0.25) is 0 Å². The normalized spacial score (nSPS) is 11.5. The Bertz CT molecular complexity index is 819. The van der Waals surface area contributed by atoms with E-state index < -0.39 is 0 Å². The lowest BCUT2D eigenvalue weighted by Gasteiger charge is -2.11. The average Bonchev–Trinajstić information content (AvgIpc) is 3.29. The van der Waals surface area contributed by atoms with E-state index in [1.54, 1.807) is 6.20 Å². The Morgan fingerprint density at radius 3 is 2.92 bits per heavy atom. The molecule has 2 aromatic heterocycles. The molecule has 0 saturated heterocycles. The highest BCUT2D eigenvalue weighted by atomic mass is 15.3. The van der Waals surface area contributed by atoms with Crippen molar-refractivity contribution in [2.24, 2.45) is 12.0 Å². The van der Waals surface area contributed by atoms with Crippen LogP contribution < -0.4 is 10.6 Å². The average molecular weight is 338 g/mol. The summed E-state index contributed by atoms with van der Waals surface area (Å²) in [5, 5.41) is 17.5. The van der Waals surface area contributed by atoms with E-state index in [0.29, 0.717) is 13.1 Å². The summed E-state index contributed by atoms with van der Waals surface area (Å²) in [6, 6.07) is 10.1. The van der Waals surface area contributed by atoms with E-state index in [4.69, 9.17) is 0 Å². The van der Waals surface area contributed by atoms with Gasteiger partial charge in [-0.05, 0) is 24.6 Å². The van der Waals surface area contributed by atoms with Crippen LogP contribution in [0.25, 0.3) is 11.4 Å². The van der Waals surface area contributed by atoms with Gasteiger partial charge in [0, 0.05) is 25.4 Å². The first-order valence-corrected chi connectivity index (χ1v) is 8.20. The van der Waals surface area contributed by atoms with E-state index in [1.807, 2.05) is 42.9 Å². The van der Waals surface area contributed by atoms with Crippen LogP contribution in [0.15, 0.2) is 47.8 Å². The van der Waals surface area contributed by atoms with E-state index in [2.05, 4.69) is 42.0 Å². The number of hydrogen-bond donors (Lipinski definition) is 3. The van der Waals surface area contributed by atoms with Crippen LogP contribution in [-0.4, -0.2) is 37.5 Å². The molecule has 8 nitrogen and oxygen atoms in total. The van der Waals surface area contributed by atoms with Crippen LogP contribution in [0.1, 0.15) is 18.2 Å². The maximum atomic E-state index is 4.65. The van der Waals surface area contributed by atoms with Crippen molar-refractivity contribution in [3.63, 3.8) is 0 Å². The number of aliphatic imine (C=N–C) groups is 1. The molecule has 0 bridgehead atoms. The molecular weight excluding hydrogens is 316 g/mol. The van der Waals surface area contributed by atoms with Crippen molar-refractivity contribution < 1.29 is 0 Å². The molecule has 3 N–H and O–H groups in total. The molecule has 0 aliphatic carbocycles. The highest BCUT2D eigenvalue weighted by Crippen LogP contribution is 2.15. The Kier molecular flexibility index (Phi) is 5.40. The van der Waals surface area contributed by atoms with Gasteiger partial charge >= 0.3 is 0 Å². The Hall–Kier alpha value is -3.16. The Balaban J connectivity index is 1.67. The maximum Gasteiger partial charge on any atom is 0.191 e. The summed E-state index contributed by atoms with van der Waals surface area (Å²) >= 11 is 0. The second-order valence-corrected chi connectivity index (χ2v) is 5.53. The van der Waals surface area contributed by atoms with Crippen molar-refractivity contribution >= 4 is 5.96 Å². The number of guanidine groups is 1. The smallest absolute Gasteiger partial charge is 0.191 e. The van der Waals surface area contributed by atoms with Crippen molar-refractivity contribution in [3.8, 4) is 11.4 Å². The molecule has 130 valence electrons. The van der Waals surface area contributed by atoms with Crippen molar-refractivity contribution in [1.82, 2.24) is 35.6 Å². The van der Waals surface area contributed by atoms with Gasteiger partial charge in [0.05, 0.1) is 18.8 Å². The number of nitrogens with zero attached hydrogens (tertiary/aromatic N) is 5. The molecule has 2 heterocycles. The summed E-state index contributed by atoms with van der Waals surface area (Å²) in [5.74, 6) is 1.53. The minimum Gasteiger partial charge on any atom is -0.357 e. The van der Waals surface area contributed by atoms with Crippen LogP contribution in [0.4, 0.5) is 0 Å². The lowest BCUT2D eigenvalue weighted by Crippen LogP contribution is -2.37. The molecule has 0 saturated carbocycles. The van der Waals surface area contributed by atoms with Gasteiger partial charge in [0.25, 0.3) is 0 Å². The Morgan fingerprint density at radius 1 is 1.28 bits per heavy atom. The van der Waals surface area contributed by atoms with Crippen LogP contribution in [0, 0.1) is 0 Å². The minimum atomic E-state index is 0.572. The van der Waals surface area contributed by atoms with E-state index in [1.165, 1.54) is 6.33 Å². The van der Waals surface area contributed by atoms with Gasteiger partial charge in [-0.3, -0.25) is 9.78 Å².